The first-order valence-corrected chi connectivity index (χ1v) is 6.90. The number of nitrogens with one attached hydrogen (secondary N) is 1. The third kappa shape index (κ3) is 3.29. The average molecular weight is 304 g/mol. The maximum absolute atomic E-state index is 11.0. The number of halogens is 2. The molecule has 0 aromatic heterocycles. The Hall–Kier alpha value is -1.04. The summed E-state index contributed by atoms with van der Waals surface area (Å²) in [5, 5.41) is 14.6. The standard InChI is InChI=1S/C12H15Cl2N3O2/c13-7-5-11(12(17(18)19)6-8(7)14)16-10-4-2-1-3-9(10)15/h5-6,9-10,16H,1-4,15H2/t9-,10-/m1/s1. The lowest BCUT2D eigenvalue weighted by molar-refractivity contribution is -0.384. The SMILES string of the molecule is N[C@@H]1CCCC[C@H]1Nc1cc(Cl)c(Cl)cc1[N+](=O)[O-]. The van der Waals surface area contributed by atoms with Gasteiger partial charge in [-0.15, -0.1) is 0 Å². The summed E-state index contributed by atoms with van der Waals surface area (Å²) in [5.41, 5.74) is 6.33. The Morgan fingerprint density at radius 2 is 1.89 bits per heavy atom. The van der Waals surface area contributed by atoms with Crippen molar-refractivity contribution in [1.29, 1.82) is 0 Å². The molecule has 2 atom stereocenters. The van der Waals surface area contributed by atoms with Crippen LogP contribution in [0.2, 0.25) is 10.0 Å². The molecule has 0 radical (unpaired) electrons. The lowest BCUT2D eigenvalue weighted by Gasteiger charge is -2.30. The van der Waals surface area contributed by atoms with Gasteiger partial charge in [0, 0.05) is 18.2 Å². The number of hydrogen-bond donors (Lipinski definition) is 2. The molecule has 3 N–H and O–H groups in total. The van der Waals surface area contributed by atoms with Gasteiger partial charge in [-0.3, -0.25) is 10.1 Å². The Kier molecular flexibility index (Phi) is 4.50. The number of benzene rings is 1. The Balaban J connectivity index is 2.27. The van der Waals surface area contributed by atoms with Crippen LogP contribution in [0.4, 0.5) is 11.4 Å². The maximum Gasteiger partial charge on any atom is 0.293 e. The van der Waals surface area contributed by atoms with Crippen LogP contribution in [0.15, 0.2) is 12.1 Å². The monoisotopic (exact) mass is 303 g/mol. The zero-order valence-electron chi connectivity index (χ0n) is 10.2. The summed E-state index contributed by atoms with van der Waals surface area (Å²) in [4.78, 5) is 10.6. The molecular weight excluding hydrogens is 289 g/mol. The van der Waals surface area contributed by atoms with Gasteiger partial charge in [0.1, 0.15) is 5.69 Å². The fourth-order valence-corrected chi connectivity index (χ4v) is 2.66. The molecule has 1 aromatic carbocycles. The molecule has 1 saturated carbocycles. The smallest absolute Gasteiger partial charge is 0.293 e. The minimum absolute atomic E-state index is 0.00260. The number of nitro groups is 1. The number of hydrogen-bond acceptors (Lipinski definition) is 4. The van der Waals surface area contributed by atoms with Crippen LogP contribution in [0, 0.1) is 10.1 Å². The van der Waals surface area contributed by atoms with Gasteiger partial charge in [-0.2, -0.15) is 0 Å². The van der Waals surface area contributed by atoms with Crippen LogP contribution in [0.1, 0.15) is 25.7 Å². The highest BCUT2D eigenvalue weighted by atomic mass is 35.5. The highest BCUT2D eigenvalue weighted by Crippen LogP contribution is 2.35. The van der Waals surface area contributed by atoms with Gasteiger partial charge in [0.15, 0.2) is 0 Å². The van der Waals surface area contributed by atoms with E-state index in [-0.39, 0.29) is 22.8 Å². The zero-order chi connectivity index (χ0) is 14.0. The number of nitro benzene ring substituents is 1. The summed E-state index contributed by atoms with van der Waals surface area (Å²) >= 11 is 11.7. The van der Waals surface area contributed by atoms with Gasteiger partial charge < -0.3 is 11.1 Å². The lowest BCUT2D eigenvalue weighted by atomic mass is 9.91. The van der Waals surface area contributed by atoms with Gasteiger partial charge in [-0.1, -0.05) is 36.0 Å². The van der Waals surface area contributed by atoms with Crippen molar-refractivity contribution in [3.63, 3.8) is 0 Å². The minimum atomic E-state index is -0.473. The third-order valence-electron chi connectivity index (χ3n) is 3.40. The first-order valence-electron chi connectivity index (χ1n) is 6.14. The highest BCUT2D eigenvalue weighted by molar-refractivity contribution is 6.42. The molecule has 0 heterocycles. The molecule has 0 amide bonds. The van der Waals surface area contributed by atoms with Crippen LogP contribution in [0.3, 0.4) is 0 Å². The summed E-state index contributed by atoms with van der Waals surface area (Å²) in [5.74, 6) is 0. The number of rotatable bonds is 3. The Morgan fingerprint density at radius 3 is 2.53 bits per heavy atom. The molecule has 5 nitrogen and oxygen atoms in total. The molecule has 0 saturated heterocycles. The topological polar surface area (TPSA) is 81.2 Å². The molecule has 19 heavy (non-hydrogen) atoms. The Bertz CT molecular complexity index is 496. The summed E-state index contributed by atoms with van der Waals surface area (Å²) in [6, 6.07) is 2.79. The van der Waals surface area contributed by atoms with E-state index in [1.807, 2.05) is 0 Å². The largest absolute Gasteiger partial charge is 0.375 e. The molecule has 0 aliphatic heterocycles. The van der Waals surface area contributed by atoms with Crippen molar-refractivity contribution in [2.75, 3.05) is 5.32 Å². The second kappa shape index (κ2) is 5.94. The van der Waals surface area contributed by atoms with Gasteiger partial charge in [0.2, 0.25) is 0 Å². The molecular formula is C12H15Cl2N3O2. The van der Waals surface area contributed by atoms with Gasteiger partial charge in [0.05, 0.1) is 15.0 Å². The first-order chi connectivity index (χ1) is 8.99. The van der Waals surface area contributed by atoms with E-state index in [0.717, 1.165) is 25.7 Å². The fraction of sp³-hybridized carbons (Fsp3) is 0.500. The van der Waals surface area contributed by atoms with Gasteiger partial charge in [-0.25, -0.2) is 0 Å². The van der Waals surface area contributed by atoms with Gasteiger partial charge in [-0.05, 0) is 18.9 Å². The molecule has 2 rings (SSSR count). The predicted molar refractivity (Wildman–Crippen MR) is 77.0 cm³/mol. The van der Waals surface area contributed by atoms with E-state index >= 15 is 0 Å². The van der Waals surface area contributed by atoms with Crippen molar-refractivity contribution in [2.45, 2.75) is 37.8 Å². The van der Waals surface area contributed by atoms with Crippen molar-refractivity contribution in [3.8, 4) is 0 Å². The quantitative estimate of drug-likeness (QED) is 0.660. The van der Waals surface area contributed by atoms with E-state index in [4.69, 9.17) is 28.9 Å². The van der Waals surface area contributed by atoms with Crippen LogP contribution in [0.25, 0.3) is 0 Å². The number of anilines is 1. The second-order valence-corrected chi connectivity index (χ2v) is 5.55. The van der Waals surface area contributed by atoms with E-state index in [2.05, 4.69) is 5.32 Å². The van der Waals surface area contributed by atoms with Crippen molar-refractivity contribution in [3.05, 3.63) is 32.3 Å². The van der Waals surface area contributed by atoms with Gasteiger partial charge in [0.25, 0.3) is 5.69 Å². The molecule has 1 aliphatic rings. The Labute approximate surface area is 121 Å². The molecule has 1 aromatic rings. The van der Waals surface area contributed by atoms with Crippen LogP contribution in [0.5, 0.6) is 0 Å². The van der Waals surface area contributed by atoms with Crippen LogP contribution < -0.4 is 11.1 Å². The first kappa shape index (κ1) is 14.4. The van der Waals surface area contributed by atoms with E-state index in [1.54, 1.807) is 0 Å². The average Bonchev–Trinajstić information content (AvgIpc) is 2.36. The number of nitrogens with zero attached hydrogens (tertiary/aromatic N) is 1. The summed E-state index contributed by atoms with van der Waals surface area (Å²) in [6.45, 7) is 0. The van der Waals surface area contributed by atoms with E-state index in [9.17, 15) is 10.1 Å². The summed E-state index contributed by atoms with van der Waals surface area (Å²) in [6.07, 6.45) is 3.99. The minimum Gasteiger partial charge on any atom is -0.375 e. The molecule has 7 heteroatoms. The predicted octanol–water partition coefficient (Wildman–Crippen LogP) is 3.58. The molecule has 0 bridgehead atoms. The molecule has 1 fully saturated rings. The van der Waals surface area contributed by atoms with Crippen molar-refractivity contribution >= 4 is 34.6 Å². The lowest BCUT2D eigenvalue weighted by Crippen LogP contribution is -2.42. The Morgan fingerprint density at radius 1 is 1.26 bits per heavy atom. The van der Waals surface area contributed by atoms with Crippen LogP contribution in [-0.4, -0.2) is 17.0 Å². The third-order valence-corrected chi connectivity index (χ3v) is 4.12. The molecule has 0 spiro atoms. The highest BCUT2D eigenvalue weighted by Gasteiger charge is 2.25. The number of nitrogens with two attached hydrogens (primary N) is 1. The summed E-state index contributed by atoms with van der Waals surface area (Å²) in [7, 11) is 0. The zero-order valence-corrected chi connectivity index (χ0v) is 11.7. The summed E-state index contributed by atoms with van der Waals surface area (Å²) < 4.78 is 0. The fourth-order valence-electron chi connectivity index (χ4n) is 2.34. The van der Waals surface area contributed by atoms with Crippen molar-refractivity contribution < 1.29 is 4.92 Å². The van der Waals surface area contributed by atoms with Gasteiger partial charge >= 0.3 is 0 Å². The van der Waals surface area contributed by atoms with E-state index in [1.165, 1.54) is 12.1 Å². The molecule has 1 aliphatic carbocycles. The maximum atomic E-state index is 11.0. The van der Waals surface area contributed by atoms with E-state index < -0.39 is 4.92 Å². The second-order valence-electron chi connectivity index (χ2n) is 4.74. The van der Waals surface area contributed by atoms with Crippen molar-refractivity contribution in [2.24, 2.45) is 5.73 Å². The van der Waals surface area contributed by atoms with Crippen LogP contribution >= 0.6 is 23.2 Å². The van der Waals surface area contributed by atoms with E-state index in [0.29, 0.717) is 10.7 Å². The normalized spacial score (nSPS) is 23.1. The molecule has 0 unspecified atom stereocenters. The van der Waals surface area contributed by atoms with Crippen LogP contribution in [-0.2, 0) is 0 Å². The molecule has 104 valence electrons. The van der Waals surface area contributed by atoms with Crippen molar-refractivity contribution in [1.82, 2.24) is 0 Å².